The van der Waals surface area contributed by atoms with E-state index in [1.54, 1.807) is 0 Å². The Balaban J connectivity index is 0.00000200. The third kappa shape index (κ3) is 3.35. The van der Waals surface area contributed by atoms with Gasteiger partial charge in [0.25, 0.3) is 0 Å². The lowest BCUT2D eigenvalue weighted by Crippen LogP contribution is -2.43. The van der Waals surface area contributed by atoms with Crippen LogP contribution >= 0.6 is 17.0 Å². The fourth-order valence-electron chi connectivity index (χ4n) is 2.71. The number of amides is 1. The Morgan fingerprint density at radius 3 is 2.45 bits per heavy atom. The monoisotopic (exact) mass is 338 g/mol. The Morgan fingerprint density at radius 1 is 1.30 bits per heavy atom. The van der Waals surface area contributed by atoms with Crippen LogP contribution in [0.15, 0.2) is 35.6 Å². The SMILES string of the molecule is Br.Cc1cccc(C)c1[N+]1(CCCC(N)=O)C=CN=C1. The van der Waals surface area contributed by atoms with Crippen molar-refractivity contribution in [1.82, 2.24) is 4.48 Å². The first-order valence-corrected chi connectivity index (χ1v) is 6.50. The number of para-hydroxylation sites is 1. The fourth-order valence-corrected chi connectivity index (χ4v) is 2.71. The number of halogens is 1. The first kappa shape index (κ1) is 16.6. The molecule has 0 saturated heterocycles. The molecule has 108 valence electrons. The van der Waals surface area contributed by atoms with Crippen molar-refractivity contribution in [3.63, 3.8) is 0 Å². The number of nitrogens with two attached hydrogens (primary N) is 1. The van der Waals surface area contributed by atoms with E-state index in [-0.39, 0.29) is 22.9 Å². The average Bonchev–Trinajstić information content (AvgIpc) is 2.78. The van der Waals surface area contributed by atoms with Crippen LogP contribution in [0.3, 0.4) is 0 Å². The Hall–Kier alpha value is -1.46. The second-order valence-corrected chi connectivity index (χ2v) is 5.03. The van der Waals surface area contributed by atoms with Crippen LogP contribution in [0.5, 0.6) is 0 Å². The molecule has 1 aromatic carbocycles. The lowest BCUT2D eigenvalue weighted by atomic mass is 10.1. The van der Waals surface area contributed by atoms with E-state index in [0.29, 0.717) is 10.9 Å². The smallest absolute Gasteiger partial charge is 0.217 e. The number of carbonyl (C=O) groups is 1. The molecule has 2 N–H and O–H groups in total. The summed E-state index contributed by atoms with van der Waals surface area (Å²) in [6.07, 6.45) is 6.97. The molecule has 0 fully saturated rings. The van der Waals surface area contributed by atoms with E-state index in [9.17, 15) is 4.79 Å². The van der Waals surface area contributed by atoms with Crippen LogP contribution in [-0.4, -0.2) is 18.8 Å². The van der Waals surface area contributed by atoms with E-state index < -0.39 is 0 Å². The molecule has 1 amide bonds. The molecule has 5 heteroatoms. The summed E-state index contributed by atoms with van der Waals surface area (Å²) in [6, 6.07) is 6.28. The minimum atomic E-state index is -0.250. The van der Waals surface area contributed by atoms with Gasteiger partial charge in [0, 0.05) is 24.0 Å². The second-order valence-electron chi connectivity index (χ2n) is 5.03. The predicted molar refractivity (Wildman–Crippen MR) is 89.0 cm³/mol. The van der Waals surface area contributed by atoms with E-state index in [0.717, 1.165) is 13.0 Å². The molecule has 20 heavy (non-hydrogen) atoms. The molecular formula is C15H21BrN3O+. The van der Waals surface area contributed by atoms with Gasteiger partial charge in [0.15, 0.2) is 6.34 Å². The first-order valence-electron chi connectivity index (χ1n) is 6.50. The average molecular weight is 339 g/mol. The summed E-state index contributed by atoms with van der Waals surface area (Å²) in [7, 11) is 0. The molecule has 0 bridgehead atoms. The molecule has 1 atom stereocenters. The van der Waals surface area contributed by atoms with Crippen molar-refractivity contribution in [2.75, 3.05) is 6.54 Å². The lowest BCUT2D eigenvalue weighted by molar-refractivity contribution is -0.118. The topological polar surface area (TPSA) is 55.5 Å². The Morgan fingerprint density at radius 2 is 1.95 bits per heavy atom. The fraction of sp³-hybridized carbons (Fsp3) is 0.333. The zero-order valence-electron chi connectivity index (χ0n) is 11.9. The van der Waals surface area contributed by atoms with Gasteiger partial charge in [-0.2, -0.15) is 0 Å². The predicted octanol–water partition coefficient (Wildman–Crippen LogP) is 2.97. The van der Waals surface area contributed by atoms with Crippen molar-refractivity contribution in [2.45, 2.75) is 26.7 Å². The molecule has 1 aliphatic heterocycles. The summed E-state index contributed by atoms with van der Waals surface area (Å²) < 4.78 is 0.575. The van der Waals surface area contributed by atoms with Crippen molar-refractivity contribution in [2.24, 2.45) is 10.7 Å². The first-order chi connectivity index (χ1) is 9.05. The Labute approximate surface area is 130 Å². The van der Waals surface area contributed by atoms with Crippen molar-refractivity contribution in [1.29, 1.82) is 0 Å². The third-order valence-corrected chi connectivity index (χ3v) is 3.50. The van der Waals surface area contributed by atoms with Crippen LogP contribution in [0, 0.1) is 13.8 Å². The highest BCUT2D eigenvalue weighted by molar-refractivity contribution is 8.93. The number of carbonyl (C=O) groups excluding carboxylic acids is 1. The molecule has 0 spiro atoms. The molecule has 4 nitrogen and oxygen atoms in total. The molecule has 1 heterocycles. The van der Waals surface area contributed by atoms with Gasteiger partial charge >= 0.3 is 0 Å². The zero-order valence-corrected chi connectivity index (χ0v) is 13.6. The molecule has 1 unspecified atom stereocenters. The summed E-state index contributed by atoms with van der Waals surface area (Å²) in [5.74, 6) is -0.250. The summed E-state index contributed by atoms with van der Waals surface area (Å²) >= 11 is 0. The van der Waals surface area contributed by atoms with Crippen LogP contribution in [0.2, 0.25) is 0 Å². The largest absolute Gasteiger partial charge is 0.370 e. The highest BCUT2D eigenvalue weighted by Gasteiger charge is 2.32. The van der Waals surface area contributed by atoms with Gasteiger partial charge in [-0.1, -0.05) is 18.2 Å². The second kappa shape index (κ2) is 6.81. The molecule has 2 rings (SSSR count). The third-order valence-electron chi connectivity index (χ3n) is 3.50. The quantitative estimate of drug-likeness (QED) is 0.824. The Bertz CT molecular complexity index is 520. The van der Waals surface area contributed by atoms with Gasteiger partial charge < -0.3 is 5.73 Å². The number of aliphatic imine (C=N–C) groups is 1. The van der Waals surface area contributed by atoms with E-state index >= 15 is 0 Å². The van der Waals surface area contributed by atoms with Crippen LogP contribution < -0.4 is 10.2 Å². The van der Waals surface area contributed by atoms with E-state index in [2.05, 4.69) is 43.2 Å². The van der Waals surface area contributed by atoms with Crippen LogP contribution in [0.25, 0.3) is 0 Å². The van der Waals surface area contributed by atoms with Gasteiger partial charge in [0.2, 0.25) is 5.91 Å². The number of rotatable bonds is 5. The molecule has 0 aliphatic carbocycles. The zero-order chi connectivity index (χ0) is 13.9. The van der Waals surface area contributed by atoms with Crippen molar-refractivity contribution >= 4 is 34.9 Å². The van der Waals surface area contributed by atoms with Gasteiger partial charge in [0.05, 0.1) is 12.7 Å². The maximum atomic E-state index is 10.9. The summed E-state index contributed by atoms with van der Waals surface area (Å²) in [4.78, 5) is 15.2. The number of primary amides is 1. The van der Waals surface area contributed by atoms with Crippen LogP contribution in [-0.2, 0) is 4.79 Å². The molecule has 1 aromatic rings. The normalized spacial score (nSPS) is 19.9. The van der Waals surface area contributed by atoms with Gasteiger partial charge in [0.1, 0.15) is 11.9 Å². The molecule has 1 aliphatic rings. The molecular weight excluding hydrogens is 318 g/mol. The number of benzene rings is 1. The van der Waals surface area contributed by atoms with Crippen molar-refractivity contribution in [3.05, 3.63) is 41.7 Å². The highest BCUT2D eigenvalue weighted by atomic mass is 79.9. The van der Waals surface area contributed by atoms with Gasteiger partial charge in [-0.25, -0.2) is 9.48 Å². The van der Waals surface area contributed by atoms with Crippen molar-refractivity contribution < 1.29 is 4.79 Å². The number of aryl methyl sites for hydroxylation is 2. The van der Waals surface area contributed by atoms with Crippen molar-refractivity contribution in [3.8, 4) is 0 Å². The van der Waals surface area contributed by atoms with Crippen LogP contribution in [0.4, 0.5) is 5.69 Å². The summed E-state index contributed by atoms with van der Waals surface area (Å²) in [5, 5.41) is 0. The van der Waals surface area contributed by atoms with Gasteiger partial charge in [-0.05, 0) is 13.8 Å². The molecule has 0 aromatic heterocycles. The maximum absolute atomic E-state index is 10.9. The van der Waals surface area contributed by atoms with E-state index in [1.807, 2.05) is 12.5 Å². The number of nitrogens with zero attached hydrogens (tertiary/aromatic N) is 2. The summed E-state index contributed by atoms with van der Waals surface area (Å²) in [6.45, 7) is 5.02. The Kier molecular flexibility index (Phi) is 5.65. The number of quaternary nitrogens is 1. The van der Waals surface area contributed by atoms with E-state index in [1.165, 1.54) is 16.8 Å². The molecule has 0 saturated carbocycles. The van der Waals surface area contributed by atoms with Gasteiger partial charge in [-0.3, -0.25) is 4.79 Å². The standard InChI is InChI=1S/C15H19N3O.BrH/c1-12-5-3-6-13(2)15(12)18(10-8-17-11-18)9-4-7-14(16)19;/h3,5-6,8,10-11H,4,7,9H2,1-2H3,(H-,16,19);1H/p+1. The van der Waals surface area contributed by atoms with Gasteiger partial charge in [-0.15, -0.1) is 17.0 Å². The lowest BCUT2D eigenvalue weighted by Gasteiger charge is -2.29. The van der Waals surface area contributed by atoms with E-state index in [4.69, 9.17) is 5.73 Å². The number of hydrogen-bond acceptors (Lipinski definition) is 2. The minimum absolute atomic E-state index is 0. The minimum Gasteiger partial charge on any atom is -0.370 e. The van der Waals surface area contributed by atoms with Crippen LogP contribution in [0.1, 0.15) is 24.0 Å². The molecule has 0 radical (unpaired) electrons. The summed E-state index contributed by atoms with van der Waals surface area (Å²) in [5.41, 5.74) is 8.93. The number of hydrogen-bond donors (Lipinski definition) is 1. The maximum Gasteiger partial charge on any atom is 0.217 e. The highest BCUT2D eigenvalue weighted by Crippen LogP contribution is 2.32.